The normalized spacial score (nSPS) is 27.2. The number of guanidine groups is 1. The monoisotopic (exact) mass is 424 g/mol. The molecule has 2 rings (SSSR count). The van der Waals surface area contributed by atoms with Gasteiger partial charge in [-0.1, -0.05) is 0 Å². The van der Waals surface area contributed by atoms with Crippen molar-refractivity contribution in [1.29, 1.82) is 0 Å². The van der Waals surface area contributed by atoms with E-state index in [2.05, 4.69) is 48.2 Å². The molecule has 22 heavy (non-hydrogen) atoms. The molecular formula is C16H33IN4O. The summed E-state index contributed by atoms with van der Waals surface area (Å²) in [6, 6.07) is 0. The van der Waals surface area contributed by atoms with E-state index in [0.29, 0.717) is 12.2 Å². The maximum absolute atomic E-state index is 5.83. The van der Waals surface area contributed by atoms with Gasteiger partial charge in [0, 0.05) is 38.8 Å². The minimum absolute atomic E-state index is 0. The summed E-state index contributed by atoms with van der Waals surface area (Å²) >= 11 is 0. The average Bonchev–Trinajstić information content (AvgIpc) is 3.22. The van der Waals surface area contributed by atoms with Crippen LogP contribution in [-0.4, -0.2) is 61.8 Å². The van der Waals surface area contributed by atoms with Crippen LogP contribution in [0.4, 0.5) is 0 Å². The van der Waals surface area contributed by atoms with E-state index in [1.807, 2.05) is 7.05 Å². The van der Waals surface area contributed by atoms with Crippen LogP contribution >= 0.6 is 24.0 Å². The van der Waals surface area contributed by atoms with Crippen molar-refractivity contribution in [2.75, 3.05) is 33.2 Å². The van der Waals surface area contributed by atoms with Gasteiger partial charge in [-0.2, -0.15) is 0 Å². The topological polar surface area (TPSA) is 48.9 Å². The Bertz CT molecular complexity index is 361. The SMILES string of the molecule is CN=C(NCC1CC1)NCC(C)(C)N1CC(C)OC(C)C1.I. The summed E-state index contributed by atoms with van der Waals surface area (Å²) in [6.45, 7) is 12.8. The summed E-state index contributed by atoms with van der Waals surface area (Å²) in [7, 11) is 1.84. The zero-order valence-electron chi connectivity index (χ0n) is 14.7. The van der Waals surface area contributed by atoms with Gasteiger partial charge < -0.3 is 15.4 Å². The summed E-state index contributed by atoms with van der Waals surface area (Å²) < 4.78 is 5.83. The quantitative estimate of drug-likeness (QED) is 0.403. The molecule has 1 saturated heterocycles. The fourth-order valence-electron chi connectivity index (χ4n) is 2.87. The Morgan fingerprint density at radius 1 is 1.18 bits per heavy atom. The van der Waals surface area contributed by atoms with E-state index in [-0.39, 0.29) is 29.5 Å². The molecule has 130 valence electrons. The Hall–Kier alpha value is -0.0800. The fourth-order valence-corrected chi connectivity index (χ4v) is 2.87. The number of hydrogen-bond acceptors (Lipinski definition) is 3. The average molecular weight is 424 g/mol. The second kappa shape index (κ2) is 8.68. The van der Waals surface area contributed by atoms with Crippen molar-refractivity contribution in [3.05, 3.63) is 0 Å². The lowest BCUT2D eigenvalue weighted by atomic mass is 10.00. The summed E-state index contributed by atoms with van der Waals surface area (Å²) in [5, 5.41) is 6.90. The highest BCUT2D eigenvalue weighted by molar-refractivity contribution is 14.0. The molecular weight excluding hydrogens is 391 g/mol. The van der Waals surface area contributed by atoms with Crippen LogP contribution < -0.4 is 10.6 Å². The summed E-state index contributed by atoms with van der Waals surface area (Å²) in [6.07, 6.45) is 3.33. The van der Waals surface area contributed by atoms with Crippen molar-refractivity contribution in [3.63, 3.8) is 0 Å². The molecule has 0 spiro atoms. The van der Waals surface area contributed by atoms with E-state index in [4.69, 9.17) is 4.74 Å². The molecule has 0 radical (unpaired) electrons. The lowest BCUT2D eigenvalue weighted by Crippen LogP contribution is -2.59. The highest BCUT2D eigenvalue weighted by Crippen LogP contribution is 2.27. The minimum atomic E-state index is 0. The Morgan fingerprint density at radius 3 is 2.27 bits per heavy atom. The van der Waals surface area contributed by atoms with Crippen LogP contribution in [-0.2, 0) is 4.74 Å². The molecule has 0 aromatic heterocycles. The Labute approximate surface area is 152 Å². The first-order valence-electron chi connectivity index (χ1n) is 8.25. The Kier molecular flexibility index (Phi) is 7.88. The highest BCUT2D eigenvalue weighted by atomic mass is 127. The van der Waals surface area contributed by atoms with Crippen molar-refractivity contribution >= 4 is 29.9 Å². The maximum atomic E-state index is 5.83. The van der Waals surface area contributed by atoms with Crippen molar-refractivity contribution in [3.8, 4) is 0 Å². The predicted octanol–water partition coefficient (Wildman–Crippen LogP) is 2.07. The highest BCUT2D eigenvalue weighted by Gasteiger charge is 2.33. The number of nitrogens with zero attached hydrogens (tertiary/aromatic N) is 2. The third kappa shape index (κ3) is 6.20. The van der Waals surface area contributed by atoms with Gasteiger partial charge in [-0.15, -0.1) is 24.0 Å². The molecule has 1 aliphatic heterocycles. The number of halogens is 1. The molecule has 2 N–H and O–H groups in total. The Morgan fingerprint density at radius 2 is 1.77 bits per heavy atom. The molecule has 2 unspecified atom stereocenters. The minimum Gasteiger partial charge on any atom is -0.373 e. The zero-order valence-corrected chi connectivity index (χ0v) is 17.0. The van der Waals surface area contributed by atoms with E-state index in [1.54, 1.807) is 0 Å². The summed E-state index contributed by atoms with van der Waals surface area (Å²) in [5.41, 5.74) is 0.0868. The number of ether oxygens (including phenoxy) is 1. The summed E-state index contributed by atoms with van der Waals surface area (Å²) in [5.74, 6) is 1.78. The molecule has 1 saturated carbocycles. The lowest BCUT2D eigenvalue weighted by molar-refractivity contribution is -0.0946. The number of morpholine rings is 1. The van der Waals surface area contributed by atoms with Gasteiger partial charge in [-0.25, -0.2) is 0 Å². The van der Waals surface area contributed by atoms with Crippen LogP contribution in [0.25, 0.3) is 0 Å². The van der Waals surface area contributed by atoms with Crippen LogP contribution in [0, 0.1) is 5.92 Å². The van der Waals surface area contributed by atoms with Gasteiger partial charge in [0.25, 0.3) is 0 Å². The molecule has 0 amide bonds. The molecule has 2 atom stereocenters. The van der Waals surface area contributed by atoms with Gasteiger partial charge in [0.15, 0.2) is 5.96 Å². The maximum Gasteiger partial charge on any atom is 0.191 e. The molecule has 6 heteroatoms. The first kappa shape index (κ1) is 20.0. The smallest absolute Gasteiger partial charge is 0.191 e. The van der Waals surface area contributed by atoms with Crippen LogP contribution in [0.5, 0.6) is 0 Å². The van der Waals surface area contributed by atoms with E-state index >= 15 is 0 Å². The number of aliphatic imine (C=N–C) groups is 1. The second-order valence-corrected chi connectivity index (χ2v) is 7.22. The van der Waals surface area contributed by atoms with Gasteiger partial charge in [-0.05, 0) is 46.5 Å². The van der Waals surface area contributed by atoms with Crippen molar-refractivity contribution in [2.24, 2.45) is 10.9 Å². The van der Waals surface area contributed by atoms with E-state index in [1.165, 1.54) is 12.8 Å². The third-order valence-corrected chi connectivity index (χ3v) is 4.44. The second-order valence-electron chi connectivity index (χ2n) is 7.22. The summed E-state index contributed by atoms with van der Waals surface area (Å²) in [4.78, 5) is 6.84. The van der Waals surface area contributed by atoms with Gasteiger partial charge in [0.05, 0.1) is 12.2 Å². The van der Waals surface area contributed by atoms with Crippen LogP contribution in [0.2, 0.25) is 0 Å². The van der Waals surface area contributed by atoms with Crippen molar-refractivity contribution < 1.29 is 4.74 Å². The molecule has 2 aliphatic rings. The molecule has 0 aromatic carbocycles. The lowest BCUT2D eigenvalue weighted by Gasteiger charge is -2.45. The number of hydrogen-bond donors (Lipinski definition) is 2. The van der Waals surface area contributed by atoms with Gasteiger partial charge in [0.2, 0.25) is 0 Å². The van der Waals surface area contributed by atoms with Crippen LogP contribution in [0.1, 0.15) is 40.5 Å². The first-order valence-corrected chi connectivity index (χ1v) is 8.25. The predicted molar refractivity (Wildman–Crippen MR) is 103 cm³/mol. The van der Waals surface area contributed by atoms with Gasteiger partial charge in [-0.3, -0.25) is 9.89 Å². The molecule has 2 fully saturated rings. The van der Waals surface area contributed by atoms with Crippen LogP contribution in [0.3, 0.4) is 0 Å². The molecule has 1 aliphatic carbocycles. The van der Waals surface area contributed by atoms with Gasteiger partial charge >= 0.3 is 0 Å². The molecule has 5 nitrogen and oxygen atoms in total. The molecule has 1 heterocycles. The van der Waals surface area contributed by atoms with Crippen LogP contribution in [0.15, 0.2) is 4.99 Å². The van der Waals surface area contributed by atoms with E-state index in [9.17, 15) is 0 Å². The third-order valence-electron chi connectivity index (χ3n) is 4.44. The van der Waals surface area contributed by atoms with Crippen molar-refractivity contribution in [1.82, 2.24) is 15.5 Å². The largest absolute Gasteiger partial charge is 0.373 e. The number of nitrogens with one attached hydrogen (secondary N) is 2. The van der Waals surface area contributed by atoms with E-state index in [0.717, 1.165) is 38.1 Å². The Balaban J connectivity index is 0.00000242. The van der Waals surface area contributed by atoms with Crippen molar-refractivity contribution in [2.45, 2.75) is 58.3 Å². The zero-order chi connectivity index (χ0) is 15.5. The fraction of sp³-hybridized carbons (Fsp3) is 0.938. The molecule has 0 aromatic rings. The number of rotatable bonds is 5. The van der Waals surface area contributed by atoms with E-state index < -0.39 is 0 Å². The standard InChI is InChI=1S/C16H32N4O.HI/c1-12-9-20(10-13(2)21-12)16(3,4)11-19-15(17-5)18-8-14-6-7-14;/h12-14H,6-11H2,1-5H3,(H2,17,18,19);1H. The molecule has 0 bridgehead atoms. The first-order chi connectivity index (χ1) is 9.90. The van der Waals surface area contributed by atoms with Gasteiger partial charge in [0.1, 0.15) is 0 Å².